The molecule has 0 saturated heterocycles. The first-order valence-electron chi connectivity index (χ1n) is 18.3. The predicted molar refractivity (Wildman–Crippen MR) is 235 cm³/mol. The molecule has 2 aromatic heterocycles. The average Bonchev–Trinajstić information content (AvgIpc) is 3.77. The molecule has 10 rings (SSSR count). The zero-order chi connectivity index (χ0) is 38.1. The van der Waals surface area contributed by atoms with Gasteiger partial charge in [0, 0.05) is 52.5 Å². The van der Waals surface area contributed by atoms with E-state index in [-0.39, 0.29) is 22.1 Å². The molecule has 2 heterocycles. The quantitative estimate of drug-likeness (QED) is 0.168. The number of nitrogens with zero attached hydrogens (tertiary/aromatic N) is 2. The van der Waals surface area contributed by atoms with Crippen LogP contribution < -0.4 is 16.4 Å². The molecule has 0 atom stereocenters. The number of phenolic OH excluding ortho intramolecular Hbond substituents is 2. The van der Waals surface area contributed by atoms with Crippen molar-refractivity contribution in [3.8, 4) is 22.9 Å². The molecule has 0 aliphatic heterocycles. The van der Waals surface area contributed by atoms with Crippen molar-refractivity contribution in [3.63, 3.8) is 0 Å². The molecule has 8 aromatic carbocycles. The van der Waals surface area contributed by atoms with Crippen molar-refractivity contribution in [2.45, 2.75) is 19.6 Å². The number of benzene rings is 8. The molecule has 0 bridgehead atoms. The summed E-state index contributed by atoms with van der Waals surface area (Å²) in [5.41, 5.74) is 4.77. The Hall–Kier alpha value is -6.50. The summed E-state index contributed by atoms with van der Waals surface area (Å²) in [5.74, 6) is -0.815. The molecule has 0 aliphatic rings. The Morgan fingerprint density at radius 3 is 1.43 bits per heavy atom. The van der Waals surface area contributed by atoms with Crippen LogP contribution in [-0.2, 0) is 0 Å². The molecule has 0 unspecified atom stereocenters. The molecular formula is C48H31B3N2O2S. The second kappa shape index (κ2) is 13.1. The van der Waals surface area contributed by atoms with Crippen LogP contribution >= 0.6 is 10.0 Å². The molecule has 0 aliphatic carbocycles. The first-order valence-corrected chi connectivity index (χ1v) is 20.0. The summed E-state index contributed by atoms with van der Waals surface area (Å²) in [7, 11) is 16.9. The zero-order valence-electron chi connectivity index (χ0n) is 30.2. The molecule has 56 heavy (non-hydrogen) atoms. The monoisotopic (exact) mass is 732 g/mol. The predicted octanol–water partition coefficient (Wildman–Crippen LogP) is 9.01. The second-order valence-electron chi connectivity index (χ2n) is 13.9. The number of aromatic nitrogens is 2. The highest BCUT2D eigenvalue weighted by molar-refractivity contribution is 8.34. The lowest BCUT2D eigenvalue weighted by Crippen LogP contribution is -2.31. The van der Waals surface area contributed by atoms with Crippen LogP contribution in [0.4, 0.5) is 0 Å². The van der Waals surface area contributed by atoms with Crippen molar-refractivity contribution in [2.75, 3.05) is 0 Å². The maximum absolute atomic E-state index is 10.8. The van der Waals surface area contributed by atoms with E-state index in [9.17, 15) is 10.2 Å². The highest BCUT2D eigenvalue weighted by Gasteiger charge is 2.36. The molecule has 8 heteroatoms. The Bertz CT molecular complexity index is 3020. The number of hydrogen-bond donors (Lipinski definition) is 2. The van der Waals surface area contributed by atoms with E-state index in [1.54, 1.807) is 0 Å². The van der Waals surface area contributed by atoms with Crippen LogP contribution in [0.3, 0.4) is 0 Å². The minimum absolute atomic E-state index is 0.0133. The third kappa shape index (κ3) is 4.79. The van der Waals surface area contributed by atoms with Crippen molar-refractivity contribution >= 4 is 93.6 Å². The topological polar surface area (TPSA) is 50.3 Å². The number of para-hydroxylation sites is 2. The molecule has 0 saturated carbocycles. The fraction of sp³-hybridized carbons (Fsp3) is 0. The summed E-state index contributed by atoms with van der Waals surface area (Å²) in [6, 6.07) is 62.5. The van der Waals surface area contributed by atoms with Gasteiger partial charge in [-0.25, -0.2) is 0 Å². The molecule has 10 aromatic rings. The summed E-state index contributed by atoms with van der Waals surface area (Å²) in [5, 5.41) is 25.9. The first kappa shape index (κ1) is 34.0. The SMILES string of the molecule is [B]c1c(O)c([B])c(-n2c3ccccc3c3cc(-n4c5ccccc5c5c(S(c6ccccc6)(c6ccccc6)c6ccccc6)cccc54)ccc32)c([B])c1O. The van der Waals surface area contributed by atoms with Gasteiger partial charge in [-0.1, -0.05) is 97.1 Å². The van der Waals surface area contributed by atoms with Crippen LogP contribution in [0, 0.1) is 0 Å². The Morgan fingerprint density at radius 1 is 0.393 bits per heavy atom. The van der Waals surface area contributed by atoms with E-state index in [1.165, 1.54) is 25.0 Å². The molecule has 0 amide bonds. The largest absolute Gasteiger partial charge is 0.509 e. The van der Waals surface area contributed by atoms with Crippen LogP contribution in [0.5, 0.6) is 11.5 Å². The van der Waals surface area contributed by atoms with Crippen molar-refractivity contribution in [1.82, 2.24) is 9.13 Å². The Morgan fingerprint density at radius 2 is 0.857 bits per heavy atom. The summed E-state index contributed by atoms with van der Waals surface area (Å²) in [6.45, 7) is 0. The lowest BCUT2D eigenvalue weighted by molar-refractivity contribution is 0.463. The molecule has 2 N–H and O–H groups in total. The first-order chi connectivity index (χ1) is 27.4. The number of aromatic hydroxyl groups is 2. The summed E-state index contributed by atoms with van der Waals surface area (Å²) in [4.78, 5) is 5.04. The summed E-state index contributed by atoms with van der Waals surface area (Å²) >= 11 is 0. The maximum Gasteiger partial charge on any atom is 0.124 e. The van der Waals surface area contributed by atoms with E-state index in [0.29, 0.717) is 0 Å². The van der Waals surface area contributed by atoms with Gasteiger partial charge in [0.05, 0.1) is 22.1 Å². The van der Waals surface area contributed by atoms with Gasteiger partial charge in [-0.3, -0.25) is 0 Å². The van der Waals surface area contributed by atoms with E-state index in [2.05, 4.69) is 156 Å². The Labute approximate surface area is 329 Å². The second-order valence-corrected chi connectivity index (χ2v) is 17.0. The zero-order valence-corrected chi connectivity index (χ0v) is 31.0. The van der Waals surface area contributed by atoms with Crippen molar-refractivity contribution < 1.29 is 10.2 Å². The van der Waals surface area contributed by atoms with Gasteiger partial charge in [0.15, 0.2) is 0 Å². The van der Waals surface area contributed by atoms with Crippen LogP contribution in [-0.4, -0.2) is 42.9 Å². The van der Waals surface area contributed by atoms with Gasteiger partial charge in [-0.05, 0) is 95.3 Å². The lowest BCUT2D eigenvalue weighted by atomic mass is 9.76. The number of fused-ring (bicyclic) bond motifs is 6. The van der Waals surface area contributed by atoms with Gasteiger partial charge in [0.1, 0.15) is 35.0 Å². The van der Waals surface area contributed by atoms with Gasteiger partial charge in [0.2, 0.25) is 0 Å². The van der Waals surface area contributed by atoms with Gasteiger partial charge in [-0.2, -0.15) is 0 Å². The van der Waals surface area contributed by atoms with Crippen LogP contribution in [0.25, 0.3) is 55.0 Å². The third-order valence-electron chi connectivity index (χ3n) is 10.9. The molecule has 4 nitrogen and oxygen atoms in total. The molecular weight excluding hydrogens is 701 g/mol. The van der Waals surface area contributed by atoms with Gasteiger partial charge < -0.3 is 19.3 Å². The fourth-order valence-corrected chi connectivity index (χ4v) is 12.6. The van der Waals surface area contributed by atoms with Crippen molar-refractivity contribution in [1.29, 1.82) is 0 Å². The Balaban J connectivity index is 1.30. The molecule has 0 spiro atoms. The maximum atomic E-state index is 10.8. The number of phenols is 2. The highest BCUT2D eigenvalue weighted by atomic mass is 32.3. The third-order valence-corrected chi connectivity index (χ3v) is 14.9. The van der Waals surface area contributed by atoms with Crippen LogP contribution in [0.15, 0.2) is 196 Å². The highest BCUT2D eigenvalue weighted by Crippen LogP contribution is 2.74. The van der Waals surface area contributed by atoms with Gasteiger partial charge >= 0.3 is 0 Å². The van der Waals surface area contributed by atoms with E-state index in [4.69, 9.17) is 23.5 Å². The van der Waals surface area contributed by atoms with Gasteiger partial charge in [0.25, 0.3) is 0 Å². The summed E-state index contributed by atoms with van der Waals surface area (Å²) in [6.07, 6.45) is 0. The molecule has 6 radical (unpaired) electrons. The molecule has 0 fully saturated rings. The normalized spacial score (nSPS) is 12.2. The Kier molecular flexibility index (Phi) is 7.94. The lowest BCUT2D eigenvalue weighted by Gasteiger charge is -2.42. The van der Waals surface area contributed by atoms with E-state index in [1.807, 2.05) is 28.8 Å². The minimum atomic E-state index is -2.00. The number of hydrogen-bond acceptors (Lipinski definition) is 2. The number of rotatable bonds is 6. The van der Waals surface area contributed by atoms with Crippen molar-refractivity contribution in [3.05, 3.63) is 176 Å². The van der Waals surface area contributed by atoms with E-state index >= 15 is 0 Å². The smallest absolute Gasteiger partial charge is 0.124 e. The molecule has 260 valence electrons. The standard InChI is InChI=1S/C48H31B3N2O2S/c49-43-46(44(50)48(55)45(51)47(43)54)53-37-23-12-10-21-34(37)36-29-30(27-28-39(36)53)52-38-24-13-11-22-35(38)42-40(52)25-14-26-41(42)56(31-15-4-1-5-16-31,32-17-6-2-7-18-32)33-19-8-3-9-20-33/h1-29,54-55H. The van der Waals surface area contributed by atoms with Crippen LogP contribution in [0.2, 0.25) is 0 Å². The average molecular weight is 732 g/mol. The van der Waals surface area contributed by atoms with E-state index < -0.39 is 21.5 Å². The van der Waals surface area contributed by atoms with Crippen molar-refractivity contribution in [2.24, 2.45) is 0 Å². The van der Waals surface area contributed by atoms with E-state index in [0.717, 1.165) is 43.9 Å². The minimum Gasteiger partial charge on any atom is -0.509 e. The van der Waals surface area contributed by atoms with Gasteiger partial charge in [-0.15, -0.1) is 10.0 Å². The fourth-order valence-electron chi connectivity index (χ4n) is 8.54. The van der Waals surface area contributed by atoms with Crippen LogP contribution in [0.1, 0.15) is 0 Å². The summed E-state index contributed by atoms with van der Waals surface area (Å²) < 4.78 is 4.24.